The monoisotopic (exact) mass is 297 g/mol. The zero-order valence-electron chi connectivity index (χ0n) is 11.0. The maximum absolute atomic E-state index is 12.0. The number of carbonyl (C=O) groups is 1. The molecule has 6 heteroatoms. The van der Waals surface area contributed by atoms with Gasteiger partial charge in [-0.25, -0.2) is 0 Å². The molecule has 2 rings (SSSR count). The average Bonchev–Trinajstić information content (AvgIpc) is 2.44. The van der Waals surface area contributed by atoms with Crippen LogP contribution in [0.15, 0.2) is 23.8 Å². The predicted molar refractivity (Wildman–Crippen MR) is 75.6 cm³/mol. The number of hydrogen-bond acceptors (Lipinski definition) is 4. The summed E-state index contributed by atoms with van der Waals surface area (Å²) in [5.41, 5.74) is -0.163. The summed E-state index contributed by atoms with van der Waals surface area (Å²) in [6.45, 7) is 1.12. The number of hydrogen-bond donors (Lipinski definition) is 3. The van der Waals surface area contributed by atoms with E-state index >= 15 is 0 Å². The lowest BCUT2D eigenvalue weighted by atomic mass is 10.1. The summed E-state index contributed by atoms with van der Waals surface area (Å²) >= 11 is 5.90. The first kappa shape index (κ1) is 14.8. The zero-order valence-corrected chi connectivity index (χ0v) is 11.8. The fraction of sp³-hybridized carbons (Fsp3) is 0.357. The van der Waals surface area contributed by atoms with Gasteiger partial charge in [-0.05, 0) is 31.2 Å². The van der Waals surface area contributed by atoms with Crippen LogP contribution >= 0.6 is 11.6 Å². The highest BCUT2D eigenvalue weighted by Crippen LogP contribution is 2.28. The molecule has 1 amide bonds. The molecule has 1 atom stereocenters. The molecule has 1 aromatic carbocycles. The number of carbonyl (C=O) groups excluding carboxylic acids is 1. The third kappa shape index (κ3) is 3.50. The second kappa shape index (κ2) is 5.83. The first-order chi connectivity index (χ1) is 9.41. The number of benzene rings is 1. The van der Waals surface area contributed by atoms with Crippen LogP contribution in [-0.4, -0.2) is 41.5 Å². The maximum atomic E-state index is 12.0. The van der Waals surface area contributed by atoms with Gasteiger partial charge in [0.1, 0.15) is 18.0 Å². The predicted octanol–water partition coefficient (Wildman–Crippen LogP) is 0.975. The molecule has 1 aliphatic rings. The molecule has 5 nitrogen and oxygen atoms in total. The molecule has 1 heterocycles. The van der Waals surface area contributed by atoms with Crippen molar-refractivity contribution in [1.82, 2.24) is 5.32 Å². The third-order valence-electron chi connectivity index (χ3n) is 2.95. The van der Waals surface area contributed by atoms with Crippen LogP contribution in [0, 0.1) is 0 Å². The van der Waals surface area contributed by atoms with Gasteiger partial charge in [-0.3, -0.25) is 4.79 Å². The van der Waals surface area contributed by atoms with E-state index < -0.39 is 12.2 Å². The van der Waals surface area contributed by atoms with E-state index in [0.717, 1.165) is 5.56 Å². The van der Waals surface area contributed by atoms with Crippen LogP contribution in [0.5, 0.6) is 5.75 Å². The molecule has 0 fully saturated rings. The molecule has 3 N–H and O–H groups in total. The largest absolute Gasteiger partial charge is 0.488 e. The van der Waals surface area contributed by atoms with E-state index in [9.17, 15) is 9.90 Å². The van der Waals surface area contributed by atoms with Crippen molar-refractivity contribution in [3.8, 4) is 5.75 Å². The molecule has 0 bridgehead atoms. The van der Waals surface area contributed by atoms with E-state index in [1.165, 1.54) is 6.92 Å². The SMILES string of the molecule is CC(O)(CO)CNC(=O)C1=Cc2cc(Cl)ccc2OC1. The van der Waals surface area contributed by atoms with Gasteiger partial charge in [0.25, 0.3) is 5.91 Å². The Morgan fingerprint density at radius 1 is 1.55 bits per heavy atom. The molecule has 0 radical (unpaired) electrons. The van der Waals surface area contributed by atoms with Crippen LogP contribution in [0.25, 0.3) is 6.08 Å². The Morgan fingerprint density at radius 3 is 3.00 bits per heavy atom. The molecule has 1 unspecified atom stereocenters. The van der Waals surface area contributed by atoms with Crippen molar-refractivity contribution in [2.45, 2.75) is 12.5 Å². The van der Waals surface area contributed by atoms with E-state index in [4.69, 9.17) is 21.4 Å². The van der Waals surface area contributed by atoms with Crippen molar-refractivity contribution in [2.75, 3.05) is 19.8 Å². The number of fused-ring (bicyclic) bond motifs is 1. The second-order valence-electron chi connectivity index (χ2n) is 4.98. The molecular formula is C14H16ClNO4. The summed E-state index contributed by atoms with van der Waals surface area (Å²) in [4.78, 5) is 12.0. The van der Waals surface area contributed by atoms with Crippen LogP contribution in [0.1, 0.15) is 12.5 Å². The number of aliphatic hydroxyl groups is 2. The lowest BCUT2D eigenvalue weighted by Crippen LogP contribution is -2.44. The Morgan fingerprint density at radius 2 is 2.30 bits per heavy atom. The minimum Gasteiger partial charge on any atom is -0.488 e. The van der Waals surface area contributed by atoms with E-state index in [2.05, 4.69) is 5.32 Å². The van der Waals surface area contributed by atoms with Crippen molar-refractivity contribution in [3.05, 3.63) is 34.4 Å². The smallest absolute Gasteiger partial charge is 0.250 e. The molecule has 0 spiro atoms. The number of ether oxygens (including phenoxy) is 1. The Bertz CT molecular complexity index is 554. The van der Waals surface area contributed by atoms with Gasteiger partial charge in [-0.1, -0.05) is 11.6 Å². The summed E-state index contributed by atoms with van der Waals surface area (Å²) < 4.78 is 5.47. The molecule has 1 aliphatic heterocycles. The second-order valence-corrected chi connectivity index (χ2v) is 5.41. The number of nitrogens with one attached hydrogen (secondary N) is 1. The standard InChI is InChI=1S/C14H16ClNO4/c1-14(19,8-17)7-16-13(18)10-4-9-5-11(15)2-3-12(9)20-6-10/h2-5,17,19H,6-8H2,1H3,(H,16,18). The molecule has 0 saturated heterocycles. The van der Waals surface area contributed by atoms with Crippen LogP contribution in [0.2, 0.25) is 5.02 Å². The number of halogens is 1. The van der Waals surface area contributed by atoms with Crippen molar-refractivity contribution in [2.24, 2.45) is 0 Å². The van der Waals surface area contributed by atoms with Crippen molar-refractivity contribution < 1.29 is 19.7 Å². The van der Waals surface area contributed by atoms with Crippen LogP contribution in [0.4, 0.5) is 0 Å². The van der Waals surface area contributed by atoms with Gasteiger partial charge in [0.15, 0.2) is 0 Å². The Kier molecular flexibility index (Phi) is 4.32. The minimum atomic E-state index is -1.34. The van der Waals surface area contributed by atoms with Gasteiger partial charge >= 0.3 is 0 Å². The van der Waals surface area contributed by atoms with E-state index in [1.54, 1.807) is 24.3 Å². The zero-order chi connectivity index (χ0) is 14.8. The first-order valence-corrected chi connectivity index (χ1v) is 6.53. The van der Waals surface area contributed by atoms with Crippen molar-refractivity contribution >= 4 is 23.6 Å². The Hall–Kier alpha value is -1.56. The van der Waals surface area contributed by atoms with Crippen LogP contribution < -0.4 is 10.1 Å². The van der Waals surface area contributed by atoms with E-state index in [-0.39, 0.29) is 19.1 Å². The van der Waals surface area contributed by atoms with Gasteiger partial charge in [0, 0.05) is 17.1 Å². The highest BCUT2D eigenvalue weighted by atomic mass is 35.5. The highest BCUT2D eigenvalue weighted by molar-refractivity contribution is 6.30. The van der Waals surface area contributed by atoms with Crippen LogP contribution in [-0.2, 0) is 4.79 Å². The Balaban J connectivity index is 2.08. The van der Waals surface area contributed by atoms with Gasteiger partial charge in [-0.2, -0.15) is 0 Å². The van der Waals surface area contributed by atoms with Gasteiger partial charge in [-0.15, -0.1) is 0 Å². The molecule has 108 valence electrons. The quantitative estimate of drug-likeness (QED) is 0.774. The van der Waals surface area contributed by atoms with E-state index in [0.29, 0.717) is 16.3 Å². The third-order valence-corrected chi connectivity index (χ3v) is 3.18. The number of rotatable bonds is 4. The molecular weight excluding hydrogens is 282 g/mol. The Labute approximate surface area is 121 Å². The van der Waals surface area contributed by atoms with Crippen molar-refractivity contribution in [3.63, 3.8) is 0 Å². The summed E-state index contributed by atoms with van der Waals surface area (Å²) in [7, 11) is 0. The topological polar surface area (TPSA) is 78.8 Å². The highest BCUT2D eigenvalue weighted by Gasteiger charge is 2.22. The van der Waals surface area contributed by atoms with Gasteiger partial charge < -0.3 is 20.3 Å². The molecule has 1 aromatic rings. The molecule has 0 aliphatic carbocycles. The first-order valence-electron chi connectivity index (χ1n) is 6.16. The van der Waals surface area contributed by atoms with Gasteiger partial charge in [0.2, 0.25) is 0 Å². The fourth-order valence-corrected chi connectivity index (χ4v) is 1.90. The fourth-order valence-electron chi connectivity index (χ4n) is 1.72. The normalized spacial score (nSPS) is 16.5. The van der Waals surface area contributed by atoms with Crippen LogP contribution in [0.3, 0.4) is 0 Å². The number of amides is 1. The lowest BCUT2D eigenvalue weighted by Gasteiger charge is -2.22. The minimum absolute atomic E-state index is 0.0396. The molecule has 20 heavy (non-hydrogen) atoms. The molecule has 0 saturated carbocycles. The van der Waals surface area contributed by atoms with E-state index in [1.807, 2.05) is 0 Å². The lowest BCUT2D eigenvalue weighted by molar-refractivity contribution is -0.119. The molecule has 0 aromatic heterocycles. The summed E-state index contributed by atoms with van der Waals surface area (Å²) in [5.74, 6) is 0.331. The average molecular weight is 298 g/mol. The summed E-state index contributed by atoms with van der Waals surface area (Å²) in [5, 5.41) is 21.7. The summed E-state index contributed by atoms with van der Waals surface area (Å²) in [6, 6.07) is 5.18. The summed E-state index contributed by atoms with van der Waals surface area (Å²) in [6.07, 6.45) is 1.70. The maximum Gasteiger partial charge on any atom is 0.250 e. The number of aliphatic hydroxyl groups excluding tert-OH is 1. The van der Waals surface area contributed by atoms with Crippen molar-refractivity contribution in [1.29, 1.82) is 0 Å². The van der Waals surface area contributed by atoms with Gasteiger partial charge in [0.05, 0.1) is 12.2 Å².